The number of thioether (sulfide) groups is 1. The molecule has 0 spiro atoms. The van der Waals surface area contributed by atoms with E-state index in [1.165, 1.54) is 0 Å². The molecule has 1 N–H and O–H groups in total. The standard InChI is InChI=1S/C14H18O3S/c1-4-18-12-8-6-5-7-10(12)11(15)9-14(2,3)13(16)17/h5-8H,4,9H2,1-3H3,(H,16,17). The molecule has 0 radical (unpaired) electrons. The monoisotopic (exact) mass is 266 g/mol. The Labute approximate surface area is 112 Å². The van der Waals surface area contributed by atoms with Crippen LogP contribution in [0.15, 0.2) is 29.2 Å². The van der Waals surface area contributed by atoms with E-state index < -0.39 is 11.4 Å². The Bertz CT molecular complexity index is 452. The van der Waals surface area contributed by atoms with Gasteiger partial charge >= 0.3 is 5.97 Å². The number of aliphatic carboxylic acids is 1. The van der Waals surface area contributed by atoms with Crippen molar-refractivity contribution in [3.8, 4) is 0 Å². The average molecular weight is 266 g/mol. The quantitative estimate of drug-likeness (QED) is 0.632. The molecule has 0 aliphatic rings. The lowest BCUT2D eigenvalue weighted by atomic mass is 9.86. The van der Waals surface area contributed by atoms with Gasteiger partial charge in [0.15, 0.2) is 5.78 Å². The lowest BCUT2D eigenvalue weighted by Crippen LogP contribution is -2.27. The topological polar surface area (TPSA) is 54.4 Å². The van der Waals surface area contributed by atoms with Crippen molar-refractivity contribution in [1.29, 1.82) is 0 Å². The van der Waals surface area contributed by atoms with Crippen molar-refractivity contribution in [2.75, 3.05) is 5.75 Å². The number of carbonyl (C=O) groups excluding carboxylic acids is 1. The molecule has 18 heavy (non-hydrogen) atoms. The van der Waals surface area contributed by atoms with E-state index in [0.717, 1.165) is 10.6 Å². The fraction of sp³-hybridized carbons (Fsp3) is 0.429. The number of hydrogen-bond donors (Lipinski definition) is 1. The highest BCUT2D eigenvalue weighted by Gasteiger charge is 2.31. The van der Waals surface area contributed by atoms with Crippen LogP contribution in [-0.2, 0) is 4.79 Å². The summed E-state index contributed by atoms with van der Waals surface area (Å²) < 4.78 is 0. The van der Waals surface area contributed by atoms with Gasteiger partial charge in [-0.3, -0.25) is 9.59 Å². The Morgan fingerprint density at radius 2 is 1.89 bits per heavy atom. The summed E-state index contributed by atoms with van der Waals surface area (Å²) in [7, 11) is 0. The first kappa shape index (κ1) is 14.8. The van der Waals surface area contributed by atoms with Crippen LogP contribution >= 0.6 is 11.8 Å². The van der Waals surface area contributed by atoms with Crippen LogP contribution in [0.25, 0.3) is 0 Å². The van der Waals surface area contributed by atoms with Crippen molar-refractivity contribution in [3.63, 3.8) is 0 Å². The van der Waals surface area contributed by atoms with E-state index in [4.69, 9.17) is 5.11 Å². The van der Waals surface area contributed by atoms with Crippen molar-refractivity contribution < 1.29 is 14.7 Å². The van der Waals surface area contributed by atoms with Crippen LogP contribution in [-0.4, -0.2) is 22.6 Å². The van der Waals surface area contributed by atoms with Gasteiger partial charge in [0.1, 0.15) is 0 Å². The summed E-state index contributed by atoms with van der Waals surface area (Å²) in [5.74, 6) is -0.178. The van der Waals surface area contributed by atoms with Crippen LogP contribution in [0, 0.1) is 5.41 Å². The Morgan fingerprint density at radius 3 is 2.44 bits per heavy atom. The summed E-state index contributed by atoms with van der Waals surface area (Å²) in [6, 6.07) is 7.35. The molecule has 0 atom stereocenters. The fourth-order valence-corrected chi connectivity index (χ4v) is 2.37. The number of hydrogen-bond acceptors (Lipinski definition) is 3. The average Bonchev–Trinajstić information content (AvgIpc) is 2.29. The second kappa shape index (κ2) is 6.05. The maximum Gasteiger partial charge on any atom is 0.309 e. The smallest absolute Gasteiger partial charge is 0.309 e. The van der Waals surface area contributed by atoms with Crippen molar-refractivity contribution in [1.82, 2.24) is 0 Å². The zero-order chi connectivity index (χ0) is 13.8. The number of ketones is 1. The molecule has 0 heterocycles. The number of carboxylic acids is 1. The number of carbonyl (C=O) groups is 2. The fourth-order valence-electron chi connectivity index (χ4n) is 1.55. The van der Waals surface area contributed by atoms with E-state index in [2.05, 4.69) is 0 Å². The van der Waals surface area contributed by atoms with Gasteiger partial charge in [0.25, 0.3) is 0 Å². The lowest BCUT2D eigenvalue weighted by molar-refractivity contribution is -0.146. The minimum Gasteiger partial charge on any atom is -0.481 e. The summed E-state index contributed by atoms with van der Waals surface area (Å²) in [6.45, 7) is 5.17. The Balaban J connectivity index is 2.94. The summed E-state index contributed by atoms with van der Waals surface area (Å²) in [4.78, 5) is 24.1. The van der Waals surface area contributed by atoms with Gasteiger partial charge in [-0.1, -0.05) is 25.1 Å². The van der Waals surface area contributed by atoms with Gasteiger partial charge in [-0.2, -0.15) is 0 Å². The molecule has 98 valence electrons. The third kappa shape index (κ3) is 3.60. The van der Waals surface area contributed by atoms with Crippen molar-refractivity contribution in [2.45, 2.75) is 32.1 Å². The molecule has 1 aromatic carbocycles. The molecular weight excluding hydrogens is 248 g/mol. The zero-order valence-corrected chi connectivity index (χ0v) is 11.7. The predicted octanol–water partition coefficient (Wildman–Crippen LogP) is 3.48. The van der Waals surface area contributed by atoms with E-state index in [-0.39, 0.29) is 12.2 Å². The number of carboxylic acid groups (broad SMARTS) is 1. The van der Waals surface area contributed by atoms with Gasteiger partial charge in [-0.25, -0.2) is 0 Å². The van der Waals surface area contributed by atoms with Crippen LogP contribution in [0.4, 0.5) is 0 Å². The molecule has 0 aromatic heterocycles. The maximum atomic E-state index is 12.2. The van der Waals surface area contributed by atoms with Crippen molar-refractivity contribution in [3.05, 3.63) is 29.8 Å². The largest absolute Gasteiger partial charge is 0.481 e. The van der Waals surface area contributed by atoms with E-state index in [1.807, 2.05) is 19.1 Å². The van der Waals surface area contributed by atoms with Gasteiger partial charge in [0.05, 0.1) is 5.41 Å². The Hall–Kier alpha value is -1.29. The molecule has 4 heteroatoms. The van der Waals surface area contributed by atoms with E-state index in [0.29, 0.717) is 5.56 Å². The lowest BCUT2D eigenvalue weighted by Gasteiger charge is -2.18. The molecule has 1 aromatic rings. The number of benzene rings is 1. The first-order valence-electron chi connectivity index (χ1n) is 5.87. The SMILES string of the molecule is CCSc1ccccc1C(=O)CC(C)(C)C(=O)O. The molecule has 1 rings (SSSR count). The molecule has 3 nitrogen and oxygen atoms in total. The minimum atomic E-state index is -1.03. The summed E-state index contributed by atoms with van der Waals surface area (Å²) in [5.41, 5.74) is -0.403. The van der Waals surface area contributed by atoms with Crippen LogP contribution in [0.1, 0.15) is 37.6 Å². The summed E-state index contributed by atoms with van der Waals surface area (Å²) in [6.07, 6.45) is 0.0175. The molecular formula is C14H18O3S. The predicted molar refractivity (Wildman–Crippen MR) is 73.2 cm³/mol. The Morgan fingerprint density at radius 1 is 1.28 bits per heavy atom. The summed E-state index contributed by atoms with van der Waals surface area (Å²) >= 11 is 1.60. The molecule has 0 bridgehead atoms. The molecule has 0 saturated carbocycles. The van der Waals surface area contributed by atoms with Crippen molar-refractivity contribution >= 4 is 23.5 Å². The summed E-state index contributed by atoms with van der Waals surface area (Å²) in [5, 5.41) is 9.05. The highest BCUT2D eigenvalue weighted by molar-refractivity contribution is 7.99. The third-order valence-electron chi connectivity index (χ3n) is 2.67. The molecule has 0 amide bonds. The number of Topliss-reactive ketones (excluding diaryl/α,β-unsaturated/α-hetero) is 1. The van der Waals surface area contributed by atoms with Gasteiger partial charge in [0, 0.05) is 16.9 Å². The van der Waals surface area contributed by atoms with Gasteiger partial charge in [-0.15, -0.1) is 11.8 Å². The third-order valence-corrected chi connectivity index (χ3v) is 3.62. The van der Waals surface area contributed by atoms with E-state index in [1.54, 1.807) is 37.7 Å². The van der Waals surface area contributed by atoms with E-state index >= 15 is 0 Å². The van der Waals surface area contributed by atoms with E-state index in [9.17, 15) is 9.59 Å². The first-order valence-corrected chi connectivity index (χ1v) is 6.85. The van der Waals surface area contributed by atoms with Crippen LogP contribution in [0.3, 0.4) is 0 Å². The molecule has 0 unspecified atom stereocenters. The molecule has 0 saturated heterocycles. The second-order valence-electron chi connectivity index (χ2n) is 4.72. The van der Waals surface area contributed by atoms with Gasteiger partial charge < -0.3 is 5.11 Å². The minimum absolute atomic E-state index is 0.0175. The van der Waals surface area contributed by atoms with Crippen molar-refractivity contribution in [2.24, 2.45) is 5.41 Å². The molecule has 0 aliphatic carbocycles. The highest BCUT2D eigenvalue weighted by Crippen LogP contribution is 2.28. The highest BCUT2D eigenvalue weighted by atomic mass is 32.2. The second-order valence-corrected chi connectivity index (χ2v) is 6.02. The molecule has 0 fully saturated rings. The van der Waals surface area contributed by atoms with Crippen LogP contribution < -0.4 is 0 Å². The van der Waals surface area contributed by atoms with Gasteiger partial charge in [0.2, 0.25) is 0 Å². The molecule has 0 aliphatic heterocycles. The normalized spacial score (nSPS) is 11.3. The number of rotatable bonds is 6. The zero-order valence-electron chi connectivity index (χ0n) is 10.9. The van der Waals surface area contributed by atoms with Crippen LogP contribution in [0.2, 0.25) is 0 Å². The van der Waals surface area contributed by atoms with Crippen LogP contribution in [0.5, 0.6) is 0 Å². The Kier molecular flexibility index (Phi) is 4.96. The maximum absolute atomic E-state index is 12.2. The van der Waals surface area contributed by atoms with Gasteiger partial charge in [-0.05, 0) is 25.7 Å². The first-order chi connectivity index (χ1) is 8.38.